The number of carbonyl (C=O) groups is 1. The zero-order valence-electron chi connectivity index (χ0n) is 13.8. The summed E-state index contributed by atoms with van der Waals surface area (Å²) in [5, 5.41) is 9.96. The smallest absolute Gasteiger partial charge is 0.185 e. The quantitative estimate of drug-likeness (QED) is 0.474. The van der Waals surface area contributed by atoms with Gasteiger partial charge in [0, 0.05) is 17.2 Å². The van der Waals surface area contributed by atoms with Gasteiger partial charge in [-0.25, -0.2) is 0 Å². The van der Waals surface area contributed by atoms with Crippen molar-refractivity contribution in [2.75, 3.05) is 14.2 Å². The molecule has 124 valence electrons. The third-order valence-electron chi connectivity index (χ3n) is 3.56. The third-order valence-corrected chi connectivity index (χ3v) is 3.56. The minimum atomic E-state index is -0.144. The lowest BCUT2D eigenvalue weighted by atomic mass is 10.0. The molecule has 0 bridgehead atoms. The van der Waals surface area contributed by atoms with Crippen molar-refractivity contribution in [1.29, 1.82) is 0 Å². The summed E-state index contributed by atoms with van der Waals surface area (Å²) in [6.45, 7) is 3.67. The Morgan fingerprint density at radius 3 is 2.67 bits per heavy atom. The number of ether oxygens (including phenoxy) is 2. The van der Waals surface area contributed by atoms with E-state index in [0.29, 0.717) is 29.0 Å². The molecule has 0 aromatic heterocycles. The first-order chi connectivity index (χ1) is 11.6. The number of rotatable bonds is 7. The Balaban J connectivity index is 2.31. The molecule has 0 heterocycles. The summed E-state index contributed by atoms with van der Waals surface area (Å²) < 4.78 is 10.4. The van der Waals surface area contributed by atoms with Gasteiger partial charge in [0.2, 0.25) is 0 Å². The highest BCUT2D eigenvalue weighted by atomic mass is 16.5. The molecule has 24 heavy (non-hydrogen) atoms. The minimum Gasteiger partial charge on any atom is -0.508 e. The van der Waals surface area contributed by atoms with Gasteiger partial charge in [0.1, 0.15) is 17.2 Å². The molecule has 0 atom stereocenters. The number of phenols is 1. The molecule has 0 aliphatic carbocycles. The highest BCUT2D eigenvalue weighted by Crippen LogP contribution is 2.30. The molecular weight excluding hydrogens is 304 g/mol. The Bertz CT molecular complexity index is 775. The highest BCUT2D eigenvalue weighted by molar-refractivity contribution is 6.07. The summed E-state index contributed by atoms with van der Waals surface area (Å²) in [6, 6.07) is 10.3. The number of methoxy groups -OCH3 is 2. The van der Waals surface area contributed by atoms with E-state index in [9.17, 15) is 9.90 Å². The lowest BCUT2D eigenvalue weighted by Crippen LogP contribution is -1.96. The van der Waals surface area contributed by atoms with E-state index < -0.39 is 0 Å². The molecule has 4 nitrogen and oxygen atoms in total. The van der Waals surface area contributed by atoms with Crippen molar-refractivity contribution >= 4 is 11.9 Å². The maximum Gasteiger partial charge on any atom is 0.185 e. The van der Waals surface area contributed by atoms with Gasteiger partial charge in [0.05, 0.1) is 14.2 Å². The molecule has 0 saturated carbocycles. The first kappa shape index (κ1) is 17.3. The monoisotopic (exact) mass is 324 g/mol. The van der Waals surface area contributed by atoms with E-state index >= 15 is 0 Å². The van der Waals surface area contributed by atoms with E-state index in [2.05, 4.69) is 6.58 Å². The van der Waals surface area contributed by atoms with E-state index in [1.54, 1.807) is 49.6 Å². The summed E-state index contributed by atoms with van der Waals surface area (Å²) in [5.41, 5.74) is 1.97. The molecule has 0 amide bonds. The van der Waals surface area contributed by atoms with Gasteiger partial charge in [-0.3, -0.25) is 4.79 Å². The second kappa shape index (κ2) is 8.02. The molecule has 0 spiro atoms. The SMILES string of the molecule is C=CCc1cc(/C=C/C(=O)c2cccc(OC)c2)c(OC)cc1O. The maximum atomic E-state index is 12.3. The number of benzene rings is 2. The van der Waals surface area contributed by atoms with E-state index in [1.807, 2.05) is 0 Å². The molecule has 0 saturated heterocycles. The Labute approximate surface area is 141 Å². The van der Waals surface area contributed by atoms with Crippen LogP contribution in [0.15, 0.2) is 55.1 Å². The van der Waals surface area contributed by atoms with Gasteiger partial charge in [-0.2, -0.15) is 0 Å². The van der Waals surface area contributed by atoms with Gasteiger partial charge in [-0.15, -0.1) is 6.58 Å². The predicted molar refractivity (Wildman–Crippen MR) is 94.9 cm³/mol. The van der Waals surface area contributed by atoms with Gasteiger partial charge in [-0.1, -0.05) is 18.2 Å². The largest absolute Gasteiger partial charge is 0.508 e. The molecule has 0 radical (unpaired) electrons. The van der Waals surface area contributed by atoms with E-state index in [0.717, 1.165) is 5.56 Å². The molecule has 0 fully saturated rings. The van der Waals surface area contributed by atoms with Crippen molar-refractivity contribution in [3.05, 3.63) is 71.8 Å². The predicted octanol–water partition coefficient (Wildman–Crippen LogP) is 4.03. The van der Waals surface area contributed by atoms with Crippen LogP contribution in [0.5, 0.6) is 17.2 Å². The van der Waals surface area contributed by atoms with Crippen molar-refractivity contribution in [3.8, 4) is 17.2 Å². The minimum absolute atomic E-state index is 0.142. The van der Waals surface area contributed by atoms with Crippen LogP contribution in [-0.2, 0) is 6.42 Å². The zero-order valence-corrected chi connectivity index (χ0v) is 13.8. The number of ketones is 1. The van der Waals surface area contributed by atoms with Crippen LogP contribution < -0.4 is 9.47 Å². The summed E-state index contributed by atoms with van der Waals surface area (Å²) in [7, 11) is 3.07. The van der Waals surface area contributed by atoms with Gasteiger partial charge >= 0.3 is 0 Å². The molecule has 4 heteroatoms. The second-order valence-corrected chi connectivity index (χ2v) is 5.15. The van der Waals surface area contributed by atoms with Crippen molar-refractivity contribution in [3.63, 3.8) is 0 Å². The molecule has 0 unspecified atom stereocenters. The van der Waals surface area contributed by atoms with Crippen molar-refractivity contribution in [2.24, 2.45) is 0 Å². The Kier molecular flexibility index (Phi) is 5.79. The zero-order chi connectivity index (χ0) is 17.5. The first-order valence-corrected chi connectivity index (χ1v) is 7.46. The molecule has 0 aliphatic rings. The average Bonchev–Trinajstić information content (AvgIpc) is 2.61. The number of carbonyl (C=O) groups excluding carboxylic acids is 1. The highest BCUT2D eigenvalue weighted by Gasteiger charge is 2.09. The van der Waals surface area contributed by atoms with Crippen LogP contribution in [0.3, 0.4) is 0 Å². The van der Waals surface area contributed by atoms with Crippen molar-refractivity contribution < 1.29 is 19.4 Å². The van der Waals surface area contributed by atoms with Crippen molar-refractivity contribution in [1.82, 2.24) is 0 Å². The fourth-order valence-electron chi connectivity index (χ4n) is 2.30. The summed E-state index contributed by atoms with van der Waals surface area (Å²) in [6.07, 6.45) is 5.38. The fraction of sp³-hybridized carbons (Fsp3) is 0.150. The van der Waals surface area contributed by atoms with Crippen LogP contribution in [0.2, 0.25) is 0 Å². The first-order valence-electron chi connectivity index (χ1n) is 7.46. The van der Waals surface area contributed by atoms with Crippen LogP contribution >= 0.6 is 0 Å². The lowest BCUT2D eigenvalue weighted by Gasteiger charge is -2.09. The summed E-state index contributed by atoms with van der Waals surface area (Å²) in [5.74, 6) is 1.12. The molecule has 1 N–H and O–H groups in total. The average molecular weight is 324 g/mol. The van der Waals surface area contributed by atoms with E-state index in [4.69, 9.17) is 9.47 Å². The standard InChI is InChI=1S/C20H20O4/c1-4-6-14-11-16(20(24-3)13-19(14)22)9-10-18(21)15-7-5-8-17(12-15)23-2/h4-5,7-13,22H,1,6H2,2-3H3/b10-9+. The van der Waals surface area contributed by atoms with Crippen LogP contribution in [-0.4, -0.2) is 25.1 Å². The molecule has 0 aliphatic heterocycles. The molecule has 2 rings (SSSR count). The Morgan fingerprint density at radius 2 is 2.00 bits per heavy atom. The van der Waals surface area contributed by atoms with Crippen LogP contribution in [0.1, 0.15) is 21.5 Å². The van der Waals surface area contributed by atoms with E-state index in [1.165, 1.54) is 19.3 Å². The van der Waals surface area contributed by atoms with Crippen molar-refractivity contribution in [2.45, 2.75) is 6.42 Å². The Morgan fingerprint density at radius 1 is 1.21 bits per heavy atom. The normalized spacial score (nSPS) is 10.6. The molecule has 2 aromatic carbocycles. The van der Waals surface area contributed by atoms with Gasteiger partial charge in [0.25, 0.3) is 0 Å². The topological polar surface area (TPSA) is 55.8 Å². The molecular formula is C20H20O4. The Hall–Kier alpha value is -3.01. The van der Waals surface area contributed by atoms with E-state index in [-0.39, 0.29) is 11.5 Å². The lowest BCUT2D eigenvalue weighted by molar-refractivity contribution is 0.104. The number of hydrogen-bond donors (Lipinski definition) is 1. The van der Waals surface area contributed by atoms with Gasteiger partial charge in [0.15, 0.2) is 5.78 Å². The van der Waals surface area contributed by atoms with Gasteiger partial charge < -0.3 is 14.6 Å². The number of phenolic OH excluding ortho intramolecular Hbond substituents is 1. The maximum absolute atomic E-state index is 12.3. The molecule has 2 aromatic rings. The second-order valence-electron chi connectivity index (χ2n) is 5.15. The number of hydrogen-bond acceptors (Lipinski definition) is 4. The number of allylic oxidation sites excluding steroid dienone is 2. The third kappa shape index (κ3) is 4.04. The van der Waals surface area contributed by atoms with Gasteiger partial charge in [-0.05, 0) is 42.3 Å². The fourth-order valence-corrected chi connectivity index (χ4v) is 2.30. The number of aromatic hydroxyl groups is 1. The van der Waals surface area contributed by atoms with Crippen LogP contribution in [0, 0.1) is 0 Å². The van der Waals surface area contributed by atoms with Crippen LogP contribution in [0.4, 0.5) is 0 Å². The van der Waals surface area contributed by atoms with Crippen LogP contribution in [0.25, 0.3) is 6.08 Å². The summed E-state index contributed by atoms with van der Waals surface area (Å²) in [4.78, 5) is 12.3. The summed E-state index contributed by atoms with van der Waals surface area (Å²) >= 11 is 0.